The fourth-order valence-corrected chi connectivity index (χ4v) is 8.13. The van der Waals surface area contributed by atoms with E-state index in [-0.39, 0.29) is 61.1 Å². The number of nitrogens with one attached hydrogen (secondary N) is 3. The molecule has 2 aromatic heterocycles. The van der Waals surface area contributed by atoms with E-state index < -0.39 is 28.1 Å². The van der Waals surface area contributed by atoms with Crippen LogP contribution < -0.4 is 16.4 Å². The van der Waals surface area contributed by atoms with Crippen LogP contribution in [0.5, 0.6) is 0 Å². The summed E-state index contributed by atoms with van der Waals surface area (Å²) < 4.78 is 33.8. The molecule has 252 valence electrons. The van der Waals surface area contributed by atoms with Crippen LogP contribution in [0.15, 0.2) is 46.3 Å². The average Bonchev–Trinajstić information content (AvgIpc) is 3.76. The van der Waals surface area contributed by atoms with Crippen molar-refractivity contribution in [3.63, 3.8) is 0 Å². The number of hydrogen-bond acceptors (Lipinski definition) is 12. The second-order valence-corrected chi connectivity index (χ2v) is 14.4. The molecule has 2 aliphatic heterocycles. The van der Waals surface area contributed by atoms with Crippen LogP contribution >= 0.6 is 11.3 Å². The molecule has 1 fully saturated rings. The van der Waals surface area contributed by atoms with E-state index in [1.165, 1.54) is 28.8 Å². The lowest BCUT2D eigenvalue weighted by molar-refractivity contribution is -0.122. The van der Waals surface area contributed by atoms with Crippen LogP contribution in [0.25, 0.3) is 10.8 Å². The Kier molecular flexibility index (Phi) is 9.45. The Balaban J connectivity index is 1.23. The molecule has 2 aromatic carbocycles. The zero-order valence-corrected chi connectivity index (χ0v) is 27.7. The van der Waals surface area contributed by atoms with Gasteiger partial charge in [-0.25, -0.2) is 18.2 Å². The molecule has 0 bridgehead atoms. The number of amides is 3. The van der Waals surface area contributed by atoms with Gasteiger partial charge in [-0.05, 0) is 35.9 Å². The summed E-state index contributed by atoms with van der Waals surface area (Å²) >= 11 is 1.32. The fourth-order valence-electron chi connectivity index (χ4n) is 5.63. The molecule has 3 amide bonds. The first kappa shape index (κ1) is 33.1. The number of nitrogens with two attached hydrogens (primary N) is 1. The highest BCUT2D eigenvalue weighted by atomic mass is 32.2. The van der Waals surface area contributed by atoms with E-state index in [4.69, 9.17) is 5.73 Å². The molecule has 0 radical (unpaired) electrons. The number of benzene rings is 2. The molecule has 0 aliphatic carbocycles. The van der Waals surface area contributed by atoms with Crippen molar-refractivity contribution in [1.29, 1.82) is 0 Å². The van der Waals surface area contributed by atoms with Gasteiger partial charge in [0.1, 0.15) is 5.84 Å². The van der Waals surface area contributed by atoms with Crippen molar-refractivity contribution in [3.05, 3.63) is 63.4 Å². The van der Waals surface area contributed by atoms with Gasteiger partial charge in [-0.1, -0.05) is 23.4 Å². The van der Waals surface area contributed by atoms with Crippen molar-refractivity contribution < 1.29 is 27.5 Å². The molecule has 5 N–H and O–H groups in total. The SMILES string of the molecule is COC(=O)N=C(N)c1ccc2cc(S(=O)(=O)N3CCN(C(=O)c4nc5c(s4)CNC(C)C5)C(CC(=O)NCc4nn[nH]n4)C3)ccc2c1. The standard InChI is InChI=1S/C29H33N11O6S2/c1-16-9-22-23(13-31-16)47-27(33-22)28(42)40-8-7-39(15-20(40)12-25(41)32-14-24-35-37-38-36-24)48(44,45)21-6-5-17-10-19(4-3-18(17)11-21)26(30)34-29(43)46-2/h3-6,10-11,16,20,31H,7-9,12-15H2,1-2H3,(H,32,41)(H2,30,34,43)(H,35,36,37,38). The van der Waals surface area contributed by atoms with E-state index in [1.807, 2.05) is 0 Å². The molecule has 2 atom stereocenters. The summed E-state index contributed by atoms with van der Waals surface area (Å²) in [7, 11) is -2.84. The molecule has 2 unspecified atom stereocenters. The highest BCUT2D eigenvalue weighted by molar-refractivity contribution is 7.89. The molecule has 0 saturated carbocycles. The number of hydrogen-bond donors (Lipinski definition) is 4. The van der Waals surface area contributed by atoms with Crippen molar-refractivity contribution in [2.24, 2.45) is 10.7 Å². The van der Waals surface area contributed by atoms with Crippen LogP contribution in [-0.4, -0.2) is 106 Å². The van der Waals surface area contributed by atoms with Gasteiger partial charge in [-0.3, -0.25) is 9.59 Å². The van der Waals surface area contributed by atoms with E-state index in [2.05, 4.69) is 52.9 Å². The number of ether oxygens (including phenoxy) is 1. The lowest BCUT2D eigenvalue weighted by atomic mass is 10.1. The van der Waals surface area contributed by atoms with Crippen LogP contribution in [0.3, 0.4) is 0 Å². The second kappa shape index (κ2) is 13.7. The van der Waals surface area contributed by atoms with Crippen molar-refractivity contribution >= 4 is 55.9 Å². The maximum Gasteiger partial charge on any atom is 0.435 e. The minimum absolute atomic E-state index is 0.0153. The molecule has 17 nitrogen and oxygen atoms in total. The number of thiazole rings is 1. The minimum atomic E-state index is -4.04. The molecule has 0 spiro atoms. The van der Waals surface area contributed by atoms with Gasteiger partial charge >= 0.3 is 6.09 Å². The first-order valence-electron chi connectivity index (χ1n) is 15.0. The van der Waals surface area contributed by atoms with Gasteiger partial charge in [-0.2, -0.15) is 14.5 Å². The first-order chi connectivity index (χ1) is 23.0. The summed E-state index contributed by atoms with van der Waals surface area (Å²) in [5, 5.41) is 21.1. The number of aromatic amines is 1. The Morgan fingerprint density at radius 3 is 2.73 bits per heavy atom. The molecule has 1 saturated heterocycles. The normalized spacial score (nSPS) is 18.8. The number of fused-ring (bicyclic) bond motifs is 2. The monoisotopic (exact) mass is 695 g/mol. The van der Waals surface area contributed by atoms with Crippen molar-refractivity contribution in [2.45, 2.75) is 49.8 Å². The van der Waals surface area contributed by atoms with E-state index in [1.54, 1.807) is 35.2 Å². The average molecular weight is 696 g/mol. The smallest absolute Gasteiger partial charge is 0.435 e. The molecule has 2 aliphatic rings. The Bertz CT molecular complexity index is 2000. The first-order valence-corrected chi connectivity index (χ1v) is 17.3. The number of piperazine rings is 1. The molecule has 4 aromatic rings. The number of carbonyl (C=O) groups excluding carboxylic acids is 3. The lowest BCUT2D eigenvalue weighted by Crippen LogP contribution is -2.57. The zero-order valence-electron chi connectivity index (χ0n) is 26.0. The highest BCUT2D eigenvalue weighted by Crippen LogP contribution is 2.29. The van der Waals surface area contributed by atoms with Crippen LogP contribution in [0.2, 0.25) is 0 Å². The summed E-state index contributed by atoms with van der Waals surface area (Å²) in [6.45, 7) is 2.67. The van der Waals surface area contributed by atoms with Gasteiger partial charge in [0.15, 0.2) is 10.8 Å². The summed E-state index contributed by atoms with van der Waals surface area (Å²) in [5.74, 6) is -0.506. The third-order valence-electron chi connectivity index (χ3n) is 8.16. The number of aliphatic imine (C=N–C) groups is 1. The molecular formula is C29H33N11O6S2. The molecule has 19 heteroatoms. The van der Waals surface area contributed by atoms with Gasteiger partial charge in [0, 0.05) is 55.5 Å². The van der Waals surface area contributed by atoms with Crippen LogP contribution in [0.1, 0.15) is 45.1 Å². The Hall–Kier alpha value is -4.85. The Morgan fingerprint density at radius 2 is 1.96 bits per heavy atom. The Morgan fingerprint density at radius 1 is 1.17 bits per heavy atom. The third-order valence-corrected chi connectivity index (χ3v) is 11.1. The van der Waals surface area contributed by atoms with Gasteiger partial charge in [0.25, 0.3) is 5.91 Å². The second-order valence-electron chi connectivity index (χ2n) is 11.4. The molecular weight excluding hydrogens is 663 g/mol. The number of amidine groups is 1. The summed E-state index contributed by atoms with van der Waals surface area (Å²) in [6.07, 6.45) is -0.292. The molecule has 6 rings (SSSR count). The Labute approximate surface area is 279 Å². The number of rotatable bonds is 8. The van der Waals surface area contributed by atoms with Crippen molar-refractivity contribution in [2.75, 3.05) is 26.7 Å². The van der Waals surface area contributed by atoms with E-state index in [0.717, 1.165) is 10.6 Å². The van der Waals surface area contributed by atoms with E-state index >= 15 is 0 Å². The van der Waals surface area contributed by atoms with Crippen LogP contribution in [0.4, 0.5) is 4.79 Å². The van der Waals surface area contributed by atoms with Gasteiger partial charge in [-0.15, -0.1) is 21.5 Å². The third kappa shape index (κ3) is 7.03. The molecule has 48 heavy (non-hydrogen) atoms. The number of sulfonamides is 1. The minimum Gasteiger partial charge on any atom is -0.451 e. The number of aromatic nitrogens is 5. The fraction of sp³-hybridized carbons (Fsp3) is 0.379. The van der Waals surface area contributed by atoms with Crippen molar-refractivity contribution in [1.82, 2.24) is 45.4 Å². The predicted molar refractivity (Wildman–Crippen MR) is 173 cm³/mol. The van der Waals surface area contributed by atoms with E-state index in [0.29, 0.717) is 34.3 Å². The van der Waals surface area contributed by atoms with Gasteiger partial charge in [0.2, 0.25) is 15.9 Å². The summed E-state index contributed by atoms with van der Waals surface area (Å²) in [6, 6.07) is 9.12. The summed E-state index contributed by atoms with van der Waals surface area (Å²) in [4.78, 5) is 49.3. The topological polar surface area (TPSA) is 231 Å². The highest BCUT2D eigenvalue weighted by Gasteiger charge is 2.39. The van der Waals surface area contributed by atoms with Crippen LogP contribution in [-0.2, 0) is 39.1 Å². The van der Waals surface area contributed by atoms with E-state index in [9.17, 15) is 22.8 Å². The molecule has 4 heterocycles. The maximum absolute atomic E-state index is 14.0. The maximum atomic E-state index is 14.0. The number of carbonyl (C=O) groups is 3. The largest absolute Gasteiger partial charge is 0.451 e. The number of nitrogens with zero attached hydrogens (tertiary/aromatic N) is 7. The quantitative estimate of drug-likeness (QED) is 0.146. The van der Waals surface area contributed by atoms with Crippen LogP contribution in [0, 0.1) is 0 Å². The zero-order chi connectivity index (χ0) is 34.0. The van der Waals surface area contributed by atoms with Crippen molar-refractivity contribution in [3.8, 4) is 0 Å². The number of methoxy groups -OCH3 is 1. The summed E-state index contributed by atoms with van der Waals surface area (Å²) in [5.41, 5.74) is 7.28. The lowest BCUT2D eigenvalue weighted by Gasteiger charge is -2.40. The van der Waals surface area contributed by atoms with Gasteiger partial charge < -0.3 is 26.0 Å². The number of tetrazole rings is 1. The predicted octanol–water partition coefficient (Wildman–Crippen LogP) is 0.537. The number of H-pyrrole nitrogens is 1. The van der Waals surface area contributed by atoms with Gasteiger partial charge in [0.05, 0.1) is 30.3 Å².